The van der Waals surface area contributed by atoms with Crippen molar-refractivity contribution in [3.05, 3.63) is 71.8 Å². The molecule has 2 fully saturated rings. The standard InChI is InChI=1S/C31H35F2N7O3S/c1-38-10-12-40(13-11-38)22-5-7-26(29(17-22)34-19-23-4-3-9-39(23)2)31(41)35-30-27-18-24(6-8-28(27)36-37-30)44(42,43)25-15-20(32)14-21(33)16-25/h5-8,14-18,23,34H,3-4,9-13,19H2,1-2H3,(H2,35,36,37,41). The van der Waals surface area contributed by atoms with Crippen molar-refractivity contribution in [2.75, 3.05) is 68.9 Å². The van der Waals surface area contributed by atoms with Gasteiger partial charge >= 0.3 is 0 Å². The molecule has 3 aromatic carbocycles. The lowest BCUT2D eigenvalue weighted by atomic mass is 10.1. The van der Waals surface area contributed by atoms with Gasteiger partial charge in [0.15, 0.2) is 5.82 Å². The Hall–Kier alpha value is -4.07. The number of amides is 1. The highest BCUT2D eigenvalue weighted by Crippen LogP contribution is 2.30. The zero-order valence-corrected chi connectivity index (χ0v) is 25.4. The van der Waals surface area contributed by atoms with Crippen molar-refractivity contribution in [2.45, 2.75) is 28.7 Å². The van der Waals surface area contributed by atoms with Gasteiger partial charge in [0.2, 0.25) is 9.84 Å². The number of sulfone groups is 1. The van der Waals surface area contributed by atoms with Gasteiger partial charge in [0.25, 0.3) is 5.91 Å². The number of hydrogen-bond donors (Lipinski definition) is 3. The number of carbonyl (C=O) groups is 1. The van der Waals surface area contributed by atoms with Gasteiger partial charge in [0.1, 0.15) is 11.6 Å². The first kappa shape index (κ1) is 30.0. The fourth-order valence-electron chi connectivity index (χ4n) is 5.85. The Labute approximate surface area is 254 Å². The maximum Gasteiger partial charge on any atom is 0.258 e. The molecule has 0 bridgehead atoms. The van der Waals surface area contributed by atoms with Gasteiger partial charge < -0.3 is 25.3 Å². The molecule has 2 saturated heterocycles. The van der Waals surface area contributed by atoms with Crippen molar-refractivity contribution in [3.63, 3.8) is 0 Å². The van der Waals surface area contributed by atoms with E-state index in [1.54, 1.807) is 6.07 Å². The summed E-state index contributed by atoms with van der Waals surface area (Å²) in [5.41, 5.74) is 2.65. The Morgan fingerprint density at radius 3 is 2.41 bits per heavy atom. The van der Waals surface area contributed by atoms with E-state index in [0.29, 0.717) is 40.8 Å². The predicted octanol–water partition coefficient (Wildman–Crippen LogP) is 4.18. The molecule has 10 nitrogen and oxygen atoms in total. The number of nitrogens with one attached hydrogen (secondary N) is 3. The number of anilines is 3. The third-order valence-corrected chi connectivity index (χ3v) is 10.3. The zero-order valence-electron chi connectivity index (χ0n) is 24.6. The number of rotatable bonds is 8. The van der Waals surface area contributed by atoms with Gasteiger partial charge in [-0.2, -0.15) is 5.10 Å². The highest BCUT2D eigenvalue weighted by atomic mass is 32.2. The highest BCUT2D eigenvalue weighted by Gasteiger charge is 2.25. The van der Waals surface area contributed by atoms with E-state index in [0.717, 1.165) is 63.4 Å². The van der Waals surface area contributed by atoms with Crippen LogP contribution in [-0.4, -0.2) is 93.7 Å². The molecule has 0 aliphatic carbocycles. The summed E-state index contributed by atoms with van der Waals surface area (Å²) in [7, 11) is -0.0404. The second-order valence-corrected chi connectivity index (χ2v) is 13.5. The molecule has 0 radical (unpaired) electrons. The largest absolute Gasteiger partial charge is 0.383 e. The smallest absolute Gasteiger partial charge is 0.258 e. The normalized spacial score (nSPS) is 18.2. The van der Waals surface area contributed by atoms with E-state index in [-0.39, 0.29) is 10.7 Å². The maximum absolute atomic E-state index is 13.8. The fourth-order valence-corrected chi connectivity index (χ4v) is 7.18. The van der Waals surface area contributed by atoms with E-state index in [1.807, 2.05) is 12.1 Å². The van der Waals surface area contributed by atoms with Crippen LogP contribution in [0.5, 0.6) is 0 Å². The second-order valence-electron chi connectivity index (χ2n) is 11.5. The van der Waals surface area contributed by atoms with Crippen LogP contribution in [0.25, 0.3) is 10.9 Å². The van der Waals surface area contributed by atoms with Crippen LogP contribution in [0, 0.1) is 11.6 Å². The fraction of sp³-hybridized carbons (Fsp3) is 0.355. The van der Waals surface area contributed by atoms with Crippen LogP contribution in [0.15, 0.2) is 64.4 Å². The maximum atomic E-state index is 13.8. The molecule has 0 saturated carbocycles. The Morgan fingerprint density at radius 2 is 1.70 bits per heavy atom. The molecule has 44 heavy (non-hydrogen) atoms. The van der Waals surface area contributed by atoms with Gasteiger partial charge in [-0.3, -0.25) is 9.89 Å². The summed E-state index contributed by atoms with van der Waals surface area (Å²) in [4.78, 5) is 19.9. The highest BCUT2D eigenvalue weighted by molar-refractivity contribution is 7.91. The van der Waals surface area contributed by atoms with Gasteiger partial charge in [-0.1, -0.05) is 0 Å². The van der Waals surface area contributed by atoms with Gasteiger partial charge in [-0.15, -0.1) is 0 Å². The van der Waals surface area contributed by atoms with E-state index in [2.05, 4.69) is 49.6 Å². The number of benzene rings is 3. The SMILES string of the molecule is CN1CCN(c2ccc(C(=O)Nc3n[nH]c4ccc(S(=O)(=O)c5cc(F)cc(F)c5)cc34)c(NCC3CCCN3C)c2)CC1. The first-order chi connectivity index (χ1) is 21.1. The number of fused-ring (bicyclic) bond motifs is 1. The minimum Gasteiger partial charge on any atom is -0.383 e. The van der Waals surface area contributed by atoms with Crippen molar-refractivity contribution < 1.29 is 22.0 Å². The molecule has 4 aromatic rings. The number of likely N-dealkylation sites (tertiary alicyclic amines) is 1. The first-order valence-electron chi connectivity index (χ1n) is 14.6. The number of nitrogens with zero attached hydrogens (tertiary/aromatic N) is 4. The van der Waals surface area contributed by atoms with Crippen LogP contribution in [0.3, 0.4) is 0 Å². The third-order valence-electron chi connectivity index (χ3n) is 8.54. The third kappa shape index (κ3) is 6.12. The Balaban J connectivity index is 1.29. The molecule has 2 aliphatic rings. The summed E-state index contributed by atoms with van der Waals surface area (Å²) in [5, 5.41) is 13.7. The van der Waals surface area contributed by atoms with E-state index >= 15 is 0 Å². The molecule has 3 heterocycles. The lowest BCUT2D eigenvalue weighted by Crippen LogP contribution is -2.44. The summed E-state index contributed by atoms with van der Waals surface area (Å²) in [5.74, 6) is -2.27. The quantitative estimate of drug-likeness (QED) is 0.268. The molecule has 13 heteroatoms. The molecule has 6 rings (SSSR count). The lowest BCUT2D eigenvalue weighted by Gasteiger charge is -2.34. The van der Waals surface area contributed by atoms with Crippen LogP contribution in [-0.2, 0) is 9.84 Å². The summed E-state index contributed by atoms with van der Waals surface area (Å²) in [6.45, 7) is 5.42. The van der Waals surface area contributed by atoms with Crippen molar-refractivity contribution in [3.8, 4) is 0 Å². The van der Waals surface area contributed by atoms with Gasteiger partial charge in [0.05, 0.1) is 20.9 Å². The number of hydrogen-bond acceptors (Lipinski definition) is 8. The Bertz CT molecular complexity index is 1790. The number of H-pyrrole nitrogens is 1. The molecule has 232 valence electrons. The molecule has 1 aromatic heterocycles. The molecular weight excluding hydrogens is 588 g/mol. The summed E-state index contributed by atoms with van der Waals surface area (Å²) < 4.78 is 54.1. The first-order valence-corrected chi connectivity index (χ1v) is 16.1. The average molecular weight is 624 g/mol. The van der Waals surface area contributed by atoms with Crippen molar-refractivity contribution >= 4 is 43.8 Å². The monoisotopic (exact) mass is 623 g/mol. The molecule has 1 unspecified atom stereocenters. The lowest BCUT2D eigenvalue weighted by molar-refractivity contribution is 0.102. The van der Waals surface area contributed by atoms with Crippen LogP contribution in [0.1, 0.15) is 23.2 Å². The van der Waals surface area contributed by atoms with Gasteiger partial charge in [-0.25, -0.2) is 17.2 Å². The number of aromatic amines is 1. The Morgan fingerprint density at radius 1 is 0.955 bits per heavy atom. The van der Waals surface area contributed by atoms with E-state index in [4.69, 9.17) is 0 Å². The summed E-state index contributed by atoms with van der Waals surface area (Å²) in [6, 6.07) is 12.4. The number of piperazine rings is 1. The minimum absolute atomic E-state index is 0.136. The van der Waals surface area contributed by atoms with Crippen LogP contribution >= 0.6 is 0 Å². The van der Waals surface area contributed by atoms with Crippen molar-refractivity contribution in [2.24, 2.45) is 0 Å². The van der Waals surface area contributed by atoms with Crippen LogP contribution in [0.4, 0.5) is 26.0 Å². The van der Waals surface area contributed by atoms with E-state index in [1.165, 1.54) is 18.2 Å². The van der Waals surface area contributed by atoms with Crippen LogP contribution in [0.2, 0.25) is 0 Å². The number of carbonyl (C=O) groups excluding carboxylic acids is 1. The molecule has 0 spiro atoms. The van der Waals surface area contributed by atoms with E-state index in [9.17, 15) is 22.0 Å². The van der Waals surface area contributed by atoms with E-state index < -0.39 is 32.3 Å². The zero-order chi connectivity index (χ0) is 31.0. The van der Waals surface area contributed by atoms with Gasteiger partial charge in [-0.05, 0) is 82.0 Å². The molecule has 3 N–H and O–H groups in total. The van der Waals surface area contributed by atoms with Crippen molar-refractivity contribution in [1.82, 2.24) is 20.0 Å². The Kier molecular flexibility index (Phi) is 8.27. The molecule has 2 aliphatic heterocycles. The summed E-state index contributed by atoms with van der Waals surface area (Å²) in [6.07, 6.45) is 2.21. The second kappa shape index (κ2) is 12.1. The minimum atomic E-state index is -4.25. The van der Waals surface area contributed by atoms with Gasteiger partial charge in [0, 0.05) is 61.6 Å². The van der Waals surface area contributed by atoms with Crippen molar-refractivity contribution in [1.29, 1.82) is 0 Å². The summed E-state index contributed by atoms with van der Waals surface area (Å²) >= 11 is 0. The molecular formula is C31H35F2N7O3S. The number of halogens is 2. The average Bonchev–Trinajstić information content (AvgIpc) is 3.60. The topological polar surface area (TPSA) is 114 Å². The van der Waals surface area contributed by atoms with Crippen LogP contribution < -0.4 is 15.5 Å². The molecule has 1 atom stereocenters. The predicted molar refractivity (Wildman–Crippen MR) is 166 cm³/mol. The number of aromatic nitrogens is 2. The molecule has 1 amide bonds. The number of likely N-dealkylation sites (N-methyl/N-ethyl adjacent to an activating group) is 2.